The highest BCUT2D eigenvalue weighted by atomic mass is 16.5. The van der Waals surface area contributed by atoms with E-state index in [0.717, 1.165) is 11.3 Å². The predicted molar refractivity (Wildman–Crippen MR) is 80.1 cm³/mol. The maximum Gasteiger partial charge on any atom is 0.307 e. The van der Waals surface area contributed by atoms with Crippen molar-refractivity contribution in [2.45, 2.75) is 25.8 Å². The Hall–Kier alpha value is -1.81. The van der Waals surface area contributed by atoms with Crippen molar-refractivity contribution in [3.63, 3.8) is 0 Å². The van der Waals surface area contributed by atoms with Crippen LogP contribution in [0.5, 0.6) is 5.75 Å². The van der Waals surface area contributed by atoms with E-state index in [1.165, 1.54) is 12.7 Å². The molecule has 1 unspecified atom stereocenters. The Morgan fingerprint density at radius 2 is 2.20 bits per heavy atom. The molecule has 110 valence electrons. The highest BCUT2D eigenvalue weighted by molar-refractivity contribution is 5.70. The van der Waals surface area contributed by atoms with Crippen LogP contribution < -0.4 is 10.1 Å². The molecular weight excluding hydrogens is 254 g/mol. The lowest BCUT2D eigenvalue weighted by Crippen LogP contribution is -2.34. The fraction of sp³-hybridized carbons (Fsp3) is 0.438. The van der Waals surface area contributed by atoms with E-state index in [1.54, 1.807) is 13.2 Å². The number of benzene rings is 1. The van der Waals surface area contributed by atoms with Crippen LogP contribution in [-0.4, -0.2) is 32.8 Å². The van der Waals surface area contributed by atoms with Gasteiger partial charge in [0.25, 0.3) is 0 Å². The summed E-state index contributed by atoms with van der Waals surface area (Å²) in [6.07, 6.45) is 2.80. The van der Waals surface area contributed by atoms with E-state index in [2.05, 4.69) is 18.0 Å². The smallest absolute Gasteiger partial charge is 0.307 e. The molecule has 0 aliphatic heterocycles. The van der Waals surface area contributed by atoms with Crippen LogP contribution in [0.4, 0.5) is 0 Å². The number of nitrogens with one attached hydrogen (secondary N) is 1. The zero-order valence-electron chi connectivity index (χ0n) is 12.4. The van der Waals surface area contributed by atoms with Gasteiger partial charge in [-0.1, -0.05) is 23.8 Å². The summed E-state index contributed by atoms with van der Waals surface area (Å²) in [4.78, 5) is 11.5. The first kappa shape index (κ1) is 16.2. The van der Waals surface area contributed by atoms with Crippen molar-refractivity contribution in [3.8, 4) is 5.75 Å². The number of methoxy groups -OCH3 is 2. The molecule has 20 heavy (non-hydrogen) atoms. The summed E-state index contributed by atoms with van der Waals surface area (Å²) in [7, 11) is 3.06. The summed E-state index contributed by atoms with van der Waals surface area (Å²) in [5.74, 6) is 0.615. The molecule has 1 aromatic carbocycles. The minimum absolute atomic E-state index is 0.00356. The van der Waals surface area contributed by atoms with E-state index in [-0.39, 0.29) is 12.0 Å². The molecule has 1 N–H and O–H groups in total. The molecule has 0 fully saturated rings. The van der Waals surface area contributed by atoms with Gasteiger partial charge in [0.15, 0.2) is 0 Å². The number of carbonyl (C=O) groups excluding carboxylic acids is 1. The van der Waals surface area contributed by atoms with Crippen LogP contribution in [0.25, 0.3) is 0 Å². The monoisotopic (exact) mass is 277 g/mol. The third-order valence-electron chi connectivity index (χ3n) is 3.09. The van der Waals surface area contributed by atoms with Gasteiger partial charge in [-0.3, -0.25) is 4.79 Å². The molecule has 0 saturated heterocycles. The van der Waals surface area contributed by atoms with Gasteiger partial charge in [0.1, 0.15) is 5.75 Å². The third-order valence-corrected chi connectivity index (χ3v) is 3.09. The summed E-state index contributed by atoms with van der Waals surface area (Å²) < 4.78 is 10.1. The van der Waals surface area contributed by atoms with Crippen LogP contribution >= 0.6 is 0 Å². The first-order valence-electron chi connectivity index (χ1n) is 6.65. The summed E-state index contributed by atoms with van der Waals surface area (Å²) in [6.45, 7) is 6.37. The van der Waals surface area contributed by atoms with Gasteiger partial charge in [-0.2, -0.15) is 0 Å². The predicted octanol–water partition coefficient (Wildman–Crippen LogP) is 2.25. The van der Waals surface area contributed by atoms with Gasteiger partial charge in [0.05, 0.1) is 20.6 Å². The summed E-state index contributed by atoms with van der Waals surface area (Å²) in [6, 6.07) is 6.04. The lowest BCUT2D eigenvalue weighted by Gasteiger charge is -2.18. The molecule has 0 saturated carbocycles. The van der Waals surface area contributed by atoms with E-state index in [4.69, 9.17) is 9.47 Å². The van der Waals surface area contributed by atoms with Gasteiger partial charge in [-0.05, 0) is 25.0 Å². The van der Waals surface area contributed by atoms with Crippen LogP contribution in [0.2, 0.25) is 0 Å². The first-order chi connectivity index (χ1) is 9.60. The molecule has 0 amide bonds. The number of aryl methyl sites for hydroxylation is 1. The number of ether oxygens (including phenoxy) is 2. The molecule has 1 atom stereocenters. The van der Waals surface area contributed by atoms with Crippen LogP contribution in [0.1, 0.15) is 17.5 Å². The minimum atomic E-state index is -0.224. The number of rotatable bonds is 8. The highest BCUT2D eigenvalue weighted by Crippen LogP contribution is 2.22. The Kier molecular flexibility index (Phi) is 6.81. The third kappa shape index (κ3) is 5.05. The Bertz CT molecular complexity index is 457. The number of hydrogen-bond donors (Lipinski definition) is 1. The Labute approximate surface area is 120 Å². The Balaban J connectivity index is 2.84. The second-order valence-electron chi connectivity index (χ2n) is 4.69. The average molecular weight is 277 g/mol. The van der Waals surface area contributed by atoms with Crippen molar-refractivity contribution in [2.75, 3.05) is 20.8 Å². The average Bonchev–Trinajstić information content (AvgIpc) is 2.44. The van der Waals surface area contributed by atoms with Crippen LogP contribution in [-0.2, 0) is 16.0 Å². The molecule has 1 rings (SSSR count). The maximum absolute atomic E-state index is 11.5. The molecule has 0 radical (unpaired) electrons. The Morgan fingerprint density at radius 3 is 2.80 bits per heavy atom. The van der Waals surface area contributed by atoms with E-state index < -0.39 is 0 Å². The standard InChI is InChI=1S/C16H23NO3/c1-5-8-17-14(11-16(18)20-4)10-13-9-12(2)6-7-15(13)19-3/h5-7,9,14,17H,1,8,10-11H2,2-4H3. The first-order valence-corrected chi connectivity index (χ1v) is 6.65. The summed E-state index contributed by atoms with van der Waals surface area (Å²) in [5, 5.41) is 3.28. The second-order valence-corrected chi connectivity index (χ2v) is 4.69. The minimum Gasteiger partial charge on any atom is -0.496 e. The van der Waals surface area contributed by atoms with Crippen molar-refractivity contribution in [1.82, 2.24) is 5.32 Å². The molecule has 1 aromatic rings. The molecule has 0 aromatic heterocycles. The van der Waals surface area contributed by atoms with E-state index in [0.29, 0.717) is 19.4 Å². The van der Waals surface area contributed by atoms with Crippen molar-refractivity contribution in [3.05, 3.63) is 42.0 Å². The molecule has 4 heteroatoms. The van der Waals surface area contributed by atoms with E-state index in [1.807, 2.05) is 19.1 Å². The van der Waals surface area contributed by atoms with Crippen molar-refractivity contribution in [2.24, 2.45) is 0 Å². The van der Waals surface area contributed by atoms with Crippen LogP contribution in [0.3, 0.4) is 0 Å². The van der Waals surface area contributed by atoms with Gasteiger partial charge in [0.2, 0.25) is 0 Å². The summed E-state index contributed by atoms with van der Waals surface area (Å²) in [5.41, 5.74) is 2.25. The second kappa shape index (κ2) is 8.38. The fourth-order valence-corrected chi connectivity index (χ4v) is 2.08. The number of hydrogen-bond acceptors (Lipinski definition) is 4. The zero-order valence-corrected chi connectivity index (χ0v) is 12.4. The molecule has 0 bridgehead atoms. The molecule has 0 aliphatic rings. The quantitative estimate of drug-likeness (QED) is 0.585. The van der Waals surface area contributed by atoms with E-state index in [9.17, 15) is 4.79 Å². The maximum atomic E-state index is 11.5. The van der Waals surface area contributed by atoms with Crippen molar-refractivity contribution >= 4 is 5.97 Å². The normalized spacial score (nSPS) is 11.8. The zero-order chi connectivity index (χ0) is 15.0. The number of esters is 1. The van der Waals surface area contributed by atoms with Gasteiger partial charge in [0, 0.05) is 12.6 Å². The Morgan fingerprint density at radius 1 is 1.45 bits per heavy atom. The topological polar surface area (TPSA) is 47.6 Å². The lowest BCUT2D eigenvalue weighted by molar-refractivity contribution is -0.141. The number of carbonyl (C=O) groups is 1. The van der Waals surface area contributed by atoms with Crippen LogP contribution in [0.15, 0.2) is 30.9 Å². The van der Waals surface area contributed by atoms with Gasteiger partial charge in [-0.25, -0.2) is 0 Å². The molecular formula is C16H23NO3. The SMILES string of the molecule is C=CCNC(CC(=O)OC)Cc1cc(C)ccc1OC. The lowest BCUT2D eigenvalue weighted by atomic mass is 10.0. The molecule has 0 heterocycles. The van der Waals surface area contributed by atoms with Gasteiger partial charge >= 0.3 is 5.97 Å². The molecule has 4 nitrogen and oxygen atoms in total. The largest absolute Gasteiger partial charge is 0.496 e. The van der Waals surface area contributed by atoms with E-state index >= 15 is 0 Å². The summed E-state index contributed by atoms with van der Waals surface area (Å²) >= 11 is 0. The fourth-order valence-electron chi connectivity index (χ4n) is 2.08. The van der Waals surface area contributed by atoms with Crippen molar-refractivity contribution in [1.29, 1.82) is 0 Å². The van der Waals surface area contributed by atoms with Gasteiger partial charge < -0.3 is 14.8 Å². The van der Waals surface area contributed by atoms with Crippen molar-refractivity contribution < 1.29 is 14.3 Å². The van der Waals surface area contributed by atoms with Crippen LogP contribution in [0, 0.1) is 6.92 Å². The molecule has 0 spiro atoms. The highest BCUT2D eigenvalue weighted by Gasteiger charge is 2.16. The van der Waals surface area contributed by atoms with Gasteiger partial charge in [-0.15, -0.1) is 6.58 Å². The molecule has 0 aliphatic carbocycles.